The van der Waals surface area contributed by atoms with E-state index < -0.39 is 5.38 Å². The summed E-state index contributed by atoms with van der Waals surface area (Å²) in [5.74, 6) is -0.186. The Morgan fingerprint density at radius 3 is 2.78 bits per heavy atom. The molecule has 0 bridgehead atoms. The van der Waals surface area contributed by atoms with Crippen molar-refractivity contribution in [2.45, 2.75) is 18.8 Å². The molecular weight excluding hydrogens is 268 g/mol. The molecule has 1 atom stereocenters. The van der Waals surface area contributed by atoms with Crippen LogP contribution >= 0.6 is 22.9 Å². The van der Waals surface area contributed by atoms with E-state index in [0.29, 0.717) is 6.54 Å². The molecule has 5 heteroatoms. The van der Waals surface area contributed by atoms with Crippen LogP contribution < -0.4 is 5.32 Å². The third kappa shape index (κ3) is 3.31. The van der Waals surface area contributed by atoms with Crippen LogP contribution in [0.3, 0.4) is 0 Å². The number of carbonyl (C=O) groups is 1. The number of alkyl halides is 1. The Balaban J connectivity index is 1.92. The minimum absolute atomic E-state index is 0.186. The first kappa shape index (κ1) is 13.1. The van der Waals surface area contributed by atoms with Crippen LogP contribution in [0.25, 0.3) is 0 Å². The van der Waals surface area contributed by atoms with Gasteiger partial charge in [-0.15, -0.1) is 22.9 Å². The number of nitrogens with one attached hydrogen (secondary N) is 1. The third-order valence-electron chi connectivity index (χ3n) is 2.43. The lowest BCUT2D eigenvalue weighted by atomic mass is 10.1. The molecular formula is C13H13ClN2OS. The van der Waals surface area contributed by atoms with Gasteiger partial charge in [-0.25, -0.2) is 4.98 Å². The van der Waals surface area contributed by atoms with E-state index in [1.54, 1.807) is 17.5 Å². The summed E-state index contributed by atoms with van der Waals surface area (Å²) in [7, 11) is 0. The second-order valence-electron chi connectivity index (χ2n) is 3.84. The molecule has 1 heterocycles. The number of thiazole rings is 1. The van der Waals surface area contributed by atoms with Gasteiger partial charge in [-0.3, -0.25) is 4.79 Å². The molecule has 1 aromatic heterocycles. The number of aromatic nitrogens is 1. The van der Waals surface area contributed by atoms with E-state index in [0.717, 1.165) is 15.4 Å². The summed E-state index contributed by atoms with van der Waals surface area (Å²) in [6.07, 6.45) is 1.77. The minimum Gasteiger partial charge on any atom is -0.350 e. The lowest BCUT2D eigenvalue weighted by molar-refractivity contribution is -0.121. The number of hydrogen-bond donors (Lipinski definition) is 1. The van der Waals surface area contributed by atoms with Crippen LogP contribution in [-0.4, -0.2) is 10.9 Å². The third-order valence-corrected chi connectivity index (χ3v) is 3.79. The van der Waals surface area contributed by atoms with Gasteiger partial charge in [-0.1, -0.05) is 30.3 Å². The summed E-state index contributed by atoms with van der Waals surface area (Å²) in [4.78, 5) is 17.0. The first-order valence-corrected chi connectivity index (χ1v) is 6.80. The predicted molar refractivity (Wildman–Crippen MR) is 73.7 cm³/mol. The number of amides is 1. The Kier molecular flexibility index (Phi) is 4.33. The fourth-order valence-electron chi connectivity index (χ4n) is 1.52. The highest BCUT2D eigenvalue weighted by Gasteiger charge is 2.16. The standard InChI is InChI=1S/C13H13ClN2OS/c1-9-15-7-11(18-9)8-16-13(17)12(14)10-5-3-2-4-6-10/h2-7,12H,8H2,1H3,(H,16,17). The van der Waals surface area contributed by atoms with Gasteiger partial charge in [0.1, 0.15) is 5.38 Å². The van der Waals surface area contributed by atoms with E-state index >= 15 is 0 Å². The van der Waals surface area contributed by atoms with Crippen molar-refractivity contribution >= 4 is 28.8 Å². The van der Waals surface area contributed by atoms with Crippen molar-refractivity contribution in [3.05, 3.63) is 52.0 Å². The van der Waals surface area contributed by atoms with Crippen LogP contribution in [-0.2, 0) is 11.3 Å². The molecule has 94 valence electrons. The maximum Gasteiger partial charge on any atom is 0.242 e. The quantitative estimate of drug-likeness (QED) is 0.875. The molecule has 0 radical (unpaired) electrons. The zero-order valence-corrected chi connectivity index (χ0v) is 11.5. The molecule has 0 fully saturated rings. The molecule has 0 spiro atoms. The molecule has 1 aromatic carbocycles. The normalized spacial score (nSPS) is 12.1. The highest BCUT2D eigenvalue weighted by molar-refractivity contribution is 7.11. The first-order chi connectivity index (χ1) is 8.66. The molecule has 0 aliphatic heterocycles. The topological polar surface area (TPSA) is 42.0 Å². The SMILES string of the molecule is Cc1ncc(CNC(=O)C(Cl)c2ccccc2)s1. The largest absolute Gasteiger partial charge is 0.350 e. The molecule has 3 nitrogen and oxygen atoms in total. The monoisotopic (exact) mass is 280 g/mol. The minimum atomic E-state index is -0.653. The molecule has 18 heavy (non-hydrogen) atoms. The fraction of sp³-hybridized carbons (Fsp3) is 0.231. The number of hydrogen-bond acceptors (Lipinski definition) is 3. The Bertz CT molecular complexity index is 527. The van der Waals surface area contributed by atoms with Crippen molar-refractivity contribution in [3.63, 3.8) is 0 Å². The van der Waals surface area contributed by atoms with Gasteiger partial charge in [0.2, 0.25) is 5.91 Å². The van der Waals surface area contributed by atoms with Gasteiger partial charge in [-0.05, 0) is 12.5 Å². The summed E-state index contributed by atoms with van der Waals surface area (Å²) in [6, 6.07) is 9.31. The molecule has 0 aliphatic carbocycles. The van der Waals surface area contributed by atoms with Crippen LogP contribution in [0.4, 0.5) is 0 Å². The zero-order valence-electron chi connectivity index (χ0n) is 9.89. The fourth-order valence-corrected chi connectivity index (χ4v) is 2.48. The van der Waals surface area contributed by atoms with Crippen molar-refractivity contribution in [2.24, 2.45) is 0 Å². The van der Waals surface area contributed by atoms with Gasteiger partial charge >= 0.3 is 0 Å². The maximum absolute atomic E-state index is 11.9. The van der Waals surface area contributed by atoms with Gasteiger partial charge < -0.3 is 5.32 Å². The molecule has 2 aromatic rings. The Morgan fingerprint density at radius 2 is 2.17 bits per heavy atom. The summed E-state index contributed by atoms with van der Waals surface area (Å²) in [5.41, 5.74) is 0.803. The summed E-state index contributed by atoms with van der Waals surface area (Å²) in [5, 5.41) is 3.15. The highest BCUT2D eigenvalue weighted by atomic mass is 35.5. The molecule has 1 amide bonds. The molecule has 2 rings (SSSR count). The van der Waals surface area contributed by atoms with Crippen molar-refractivity contribution in [3.8, 4) is 0 Å². The molecule has 1 N–H and O–H groups in total. The molecule has 0 saturated carbocycles. The lowest BCUT2D eigenvalue weighted by Crippen LogP contribution is -2.26. The summed E-state index contributed by atoms with van der Waals surface area (Å²) < 4.78 is 0. The number of carbonyl (C=O) groups excluding carboxylic acids is 1. The van der Waals surface area contributed by atoms with Gasteiger partial charge in [0.05, 0.1) is 11.6 Å². The lowest BCUT2D eigenvalue weighted by Gasteiger charge is -2.09. The number of nitrogens with zero attached hydrogens (tertiary/aromatic N) is 1. The average Bonchev–Trinajstić information content (AvgIpc) is 2.82. The second kappa shape index (κ2) is 5.98. The molecule has 0 aliphatic rings. The van der Waals surface area contributed by atoms with Crippen LogP contribution in [0.2, 0.25) is 0 Å². The van der Waals surface area contributed by atoms with E-state index in [4.69, 9.17) is 11.6 Å². The number of rotatable bonds is 4. The number of aryl methyl sites for hydroxylation is 1. The Hall–Kier alpha value is -1.39. The van der Waals surface area contributed by atoms with Gasteiger partial charge in [0, 0.05) is 11.1 Å². The van der Waals surface area contributed by atoms with E-state index in [1.165, 1.54) is 0 Å². The molecule has 0 saturated heterocycles. The van der Waals surface area contributed by atoms with Crippen LogP contribution in [0.5, 0.6) is 0 Å². The summed E-state index contributed by atoms with van der Waals surface area (Å²) >= 11 is 7.67. The number of benzene rings is 1. The Morgan fingerprint density at radius 1 is 1.44 bits per heavy atom. The predicted octanol–water partition coefficient (Wildman–Crippen LogP) is 3.05. The first-order valence-electron chi connectivity index (χ1n) is 5.55. The molecule has 1 unspecified atom stereocenters. The van der Waals surface area contributed by atoms with Crippen molar-refractivity contribution in [1.82, 2.24) is 10.3 Å². The second-order valence-corrected chi connectivity index (χ2v) is 5.59. The van der Waals surface area contributed by atoms with Crippen LogP contribution in [0, 0.1) is 6.92 Å². The van der Waals surface area contributed by atoms with E-state index in [9.17, 15) is 4.79 Å². The van der Waals surface area contributed by atoms with Crippen LogP contribution in [0.15, 0.2) is 36.5 Å². The van der Waals surface area contributed by atoms with Gasteiger partial charge in [-0.2, -0.15) is 0 Å². The van der Waals surface area contributed by atoms with E-state index in [2.05, 4.69) is 10.3 Å². The smallest absolute Gasteiger partial charge is 0.242 e. The van der Waals surface area contributed by atoms with Crippen LogP contribution in [0.1, 0.15) is 20.8 Å². The highest BCUT2D eigenvalue weighted by Crippen LogP contribution is 2.20. The van der Waals surface area contributed by atoms with Crippen molar-refractivity contribution in [1.29, 1.82) is 0 Å². The average molecular weight is 281 g/mol. The maximum atomic E-state index is 11.9. The van der Waals surface area contributed by atoms with Gasteiger partial charge in [0.25, 0.3) is 0 Å². The van der Waals surface area contributed by atoms with E-state index in [1.807, 2.05) is 37.3 Å². The van der Waals surface area contributed by atoms with Gasteiger partial charge in [0.15, 0.2) is 0 Å². The Labute approximate surface area is 115 Å². The number of halogens is 1. The van der Waals surface area contributed by atoms with Crippen molar-refractivity contribution < 1.29 is 4.79 Å². The van der Waals surface area contributed by atoms with E-state index in [-0.39, 0.29) is 5.91 Å². The summed E-state index contributed by atoms with van der Waals surface area (Å²) in [6.45, 7) is 2.41. The zero-order chi connectivity index (χ0) is 13.0. The van der Waals surface area contributed by atoms with Crippen molar-refractivity contribution in [2.75, 3.05) is 0 Å².